The summed E-state index contributed by atoms with van der Waals surface area (Å²) >= 11 is 0. The average molecular weight is 222 g/mol. The third-order valence-electron chi connectivity index (χ3n) is 2.80. The summed E-state index contributed by atoms with van der Waals surface area (Å²) in [6.07, 6.45) is 0. The van der Waals surface area contributed by atoms with E-state index < -0.39 is 0 Å². The first-order chi connectivity index (χ1) is 7.43. The molecule has 88 valence electrons. The van der Waals surface area contributed by atoms with E-state index in [1.807, 2.05) is 13.0 Å². The largest absolute Gasteiger partial charge is 0.377 e. The van der Waals surface area contributed by atoms with Crippen LogP contribution in [0.1, 0.15) is 26.3 Å². The molecular formula is C12H18N2O2. The predicted octanol–water partition coefficient (Wildman–Crippen LogP) is 3.36. The summed E-state index contributed by atoms with van der Waals surface area (Å²) in [5.41, 5.74) is 1.46. The van der Waals surface area contributed by atoms with Crippen molar-refractivity contribution in [2.45, 2.75) is 33.7 Å². The number of hydrogen-bond acceptors (Lipinski definition) is 3. The van der Waals surface area contributed by atoms with Gasteiger partial charge in [0, 0.05) is 11.6 Å². The summed E-state index contributed by atoms with van der Waals surface area (Å²) in [5, 5.41) is 14.1. The zero-order chi connectivity index (χ0) is 12.3. The third kappa shape index (κ3) is 2.72. The van der Waals surface area contributed by atoms with Crippen LogP contribution in [0.25, 0.3) is 0 Å². The molecule has 0 aliphatic rings. The zero-order valence-corrected chi connectivity index (χ0v) is 10.2. The molecule has 1 aromatic carbocycles. The van der Waals surface area contributed by atoms with Gasteiger partial charge < -0.3 is 5.32 Å². The minimum Gasteiger partial charge on any atom is -0.377 e. The lowest BCUT2D eigenvalue weighted by Gasteiger charge is -2.19. The van der Waals surface area contributed by atoms with Gasteiger partial charge >= 0.3 is 0 Å². The molecule has 1 rings (SSSR count). The van der Waals surface area contributed by atoms with E-state index >= 15 is 0 Å². The smallest absolute Gasteiger partial charge is 0.295 e. The van der Waals surface area contributed by atoms with E-state index in [0.717, 1.165) is 0 Å². The van der Waals surface area contributed by atoms with Crippen molar-refractivity contribution >= 4 is 11.4 Å². The van der Waals surface area contributed by atoms with Crippen LogP contribution in [-0.4, -0.2) is 11.0 Å². The Morgan fingerprint density at radius 1 is 1.31 bits per heavy atom. The van der Waals surface area contributed by atoms with Crippen molar-refractivity contribution in [2.75, 3.05) is 5.32 Å². The monoisotopic (exact) mass is 222 g/mol. The van der Waals surface area contributed by atoms with Crippen LogP contribution in [0.3, 0.4) is 0 Å². The molecule has 1 N–H and O–H groups in total. The second-order valence-corrected chi connectivity index (χ2v) is 4.41. The van der Waals surface area contributed by atoms with Crippen LogP contribution >= 0.6 is 0 Å². The first-order valence-electron chi connectivity index (χ1n) is 5.44. The highest BCUT2D eigenvalue weighted by molar-refractivity contribution is 5.65. The Morgan fingerprint density at radius 3 is 2.44 bits per heavy atom. The van der Waals surface area contributed by atoms with Crippen LogP contribution in [0.4, 0.5) is 11.4 Å². The van der Waals surface area contributed by atoms with Crippen LogP contribution in [0.2, 0.25) is 0 Å². The number of hydrogen-bond donors (Lipinski definition) is 1. The minimum absolute atomic E-state index is 0.176. The summed E-state index contributed by atoms with van der Waals surface area (Å²) in [4.78, 5) is 10.6. The van der Waals surface area contributed by atoms with Crippen molar-refractivity contribution in [1.29, 1.82) is 0 Å². The lowest BCUT2D eigenvalue weighted by atomic mass is 10.1. The molecule has 0 aromatic heterocycles. The SMILES string of the molecule is Cc1cccc(NC(C)C(C)C)c1[N+](=O)[O-]. The molecule has 1 unspecified atom stereocenters. The summed E-state index contributed by atoms with van der Waals surface area (Å²) in [5.74, 6) is 0.431. The number of benzene rings is 1. The Hall–Kier alpha value is -1.58. The van der Waals surface area contributed by atoms with E-state index in [1.165, 1.54) is 0 Å². The molecule has 0 aliphatic heterocycles. The molecule has 0 aliphatic carbocycles. The van der Waals surface area contributed by atoms with Crippen molar-refractivity contribution in [3.05, 3.63) is 33.9 Å². The van der Waals surface area contributed by atoms with Crippen LogP contribution in [0.15, 0.2) is 18.2 Å². The molecule has 1 atom stereocenters. The van der Waals surface area contributed by atoms with Gasteiger partial charge in [-0.05, 0) is 25.8 Å². The second kappa shape index (κ2) is 4.96. The Labute approximate surface area is 95.8 Å². The summed E-state index contributed by atoms with van der Waals surface area (Å²) in [6, 6.07) is 5.55. The highest BCUT2D eigenvalue weighted by Crippen LogP contribution is 2.29. The maximum Gasteiger partial charge on any atom is 0.295 e. The number of para-hydroxylation sites is 1. The van der Waals surface area contributed by atoms with Gasteiger partial charge in [-0.3, -0.25) is 10.1 Å². The molecule has 0 fully saturated rings. The molecule has 0 saturated carbocycles. The molecule has 0 saturated heterocycles. The molecule has 0 amide bonds. The van der Waals surface area contributed by atoms with Gasteiger partial charge in [-0.2, -0.15) is 0 Å². The lowest BCUT2D eigenvalue weighted by Crippen LogP contribution is -2.22. The van der Waals surface area contributed by atoms with Gasteiger partial charge in [0.1, 0.15) is 5.69 Å². The zero-order valence-electron chi connectivity index (χ0n) is 10.2. The Bertz CT molecular complexity index is 389. The van der Waals surface area contributed by atoms with Gasteiger partial charge in [-0.15, -0.1) is 0 Å². The van der Waals surface area contributed by atoms with E-state index in [2.05, 4.69) is 19.2 Å². The van der Waals surface area contributed by atoms with E-state index in [1.54, 1.807) is 19.1 Å². The number of nitro benzene ring substituents is 1. The van der Waals surface area contributed by atoms with Crippen LogP contribution in [0.5, 0.6) is 0 Å². The van der Waals surface area contributed by atoms with Crippen molar-refractivity contribution in [3.8, 4) is 0 Å². The number of nitrogens with zero attached hydrogens (tertiary/aromatic N) is 1. The normalized spacial score (nSPS) is 12.6. The first-order valence-corrected chi connectivity index (χ1v) is 5.44. The van der Waals surface area contributed by atoms with E-state index in [9.17, 15) is 10.1 Å². The molecule has 0 spiro atoms. The Morgan fingerprint density at radius 2 is 1.94 bits per heavy atom. The summed E-state index contributed by atoms with van der Waals surface area (Å²) < 4.78 is 0. The quantitative estimate of drug-likeness (QED) is 0.627. The maximum absolute atomic E-state index is 11.0. The number of nitro groups is 1. The van der Waals surface area contributed by atoms with Gasteiger partial charge in [-0.1, -0.05) is 26.0 Å². The van der Waals surface area contributed by atoms with Gasteiger partial charge in [0.25, 0.3) is 5.69 Å². The van der Waals surface area contributed by atoms with Crippen LogP contribution in [-0.2, 0) is 0 Å². The van der Waals surface area contributed by atoms with E-state index in [-0.39, 0.29) is 16.7 Å². The molecule has 4 heteroatoms. The van der Waals surface area contributed by atoms with Crippen molar-refractivity contribution < 1.29 is 4.92 Å². The summed E-state index contributed by atoms with van der Waals surface area (Å²) in [7, 11) is 0. The fourth-order valence-corrected chi connectivity index (χ4v) is 1.43. The van der Waals surface area contributed by atoms with Gasteiger partial charge in [0.2, 0.25) is 0 Å². The first kappa shape index (κ1) is 12.5. The third-order valence-corrected chi connectivity index (χ3v) is 2.80. The molecule has 0 radical (unpaired) electrons. The standard InChI is InChI=1S/C12H18N2O2/c1-8(2)10(4)13-11-7-5-6-9(3)12(11)14(15)16/h5-8,10,13H,1-4H3. The molecular weight excluding hydrogens is 204 g/mol. The Kier molecular flexibility index (Phi) is 3.88. The number of anilines is 1. The highest BCUT2D eigenvalue weighted by Gasteiger charge is 2.18. The van der Waals surface area contributed by atoms with Gasteiger partial charge in [0.05, 0.1) is 4.92 Å². The van der Waals surface area contributed by atoms with Crippen LogP contribution in [0, 0.1) is 23.0 Å². The topological polar surface area (TPSA) is 55.2 Å². The van der Waals surface area contributed by atoms with Gasteiger partial charge in [-0.25, -0.2) is 0 Å². The fraction of sp³-hybridized carbons (Fsp3) is 0.500. The average Bonchev–Trinajstić information content (AvgIpc) is 2.16. The van der Waals surface area contributed by atoms with Crippen molar-refractivity contribution in [1.82, 2.24) is 0 Å². The van der Waals surface area contributed by atoms with E-state index in [4.69, 9.17) is 0 Å². The molecule has 16 heavy (non-hydrogen) atoms. The number of nitrogens with one attached hydrogen (secondary N) is 1. The molecule has 0 heterocycles. The predicted molar refractivity (Wildman–Crippen MR) is 65.8 cm³/mol. The fourth-order valence-electron chi connectivity index (χ4n) is 1.43. The summed E-state index contributed by atoms with van der Waals surface area (Å²) in [6.45, 7) is 7.94. The highest BCUT2D eigenvalue weighted by atomic mass is 16.6. The van der Waals surface area contributed by atoms with Crippen LogP contribution < -0.4 is 5.32 Å². The second-order valence-electron chi connectivity index (χ2n) is 4.41. The van der Waals surface area contributed by atoms with Gasteiger partial charge in [0.15, 0.2) is 0 Å². The Balaban J connectivity index is 3.04. The number of aryl methyl sites for hydroxylation is 1. The van der Waals surface area contributed by atoms with Crippen molar-refractivity contribution in [2.24, 2.45) is 5.92 Å². The lowest BCUT2D eigenvalue weighted by molar-refractivity contribution is -0.384. The van der Waals surface area contributed by atoms with Crippen molar-refractivity contribution in [3.63, 3.8) is 0 Å². The minimum atomic E-state index is -0.329. The molecule has 4 nitrogen and oxygen atoms in total. The maximum atomic E-state index is 11.0. The molecule has 1 aromatic rings. The number of rotatable bonds is 4. The molecule has 0 bridgehead atoms. The van der Waals surface area contributed by atoms with E-state index in [0.29, 0.717) is 17.2 Å².